The van der Waals surface area contributed by atoms with Crippen LogP contribution in [0.5, 0.6) is 0 Å². The van der Waals surface area contributed by atoms with Gasteiger partial charge in [-0.25, -0.2) is 0 Å². The molecule has 0 bridgehead atoms. The van der Waals surface area contributed by atoms with E-state index >= 15 is 0 Å². The van der Waals surface area contributed by atoms with Crippen molar-refractivity contribution in [1.82, 2.24) is 10.2 Å². The highest BCUT2D eigenvalue weighted by molar-refractivity contribution is 5.79. The molecule has 2 heterocycles. The van der Waals surface area contributed by atoms with Crippen molar-refractivity contribution >= 4 is 5.91 Å². The van der Waals surface area contributed by atoms with Gasteiger partial charge in [-0.3, -0.25) is 4.79 Å². The van der Waals surface area contributed by atoms with Crippen molar-refractivity contribution in [2.75, 3.05) is 39.4 Å². The smallest absolute Gasteiger partial charge is 0.227 e. The monoisotopic (exact) mass is 198 g/mol. The van der Waals surface area contributed by atoms with E-state index in [1.807, 2.05) is 4.90 Å². The molecule has 0 aromatic carbocycles. The average molecular weight is 198 g/mol. The zero-order valence-electron chi connectivity index (χ0n) is 8.50. The molecule has 0 radical (unpaired) electrons. The standard InChI is InChI=1S/C10H18N2O2/c13-10(9-2-3-11-8-9)12-4-1-6-14-7-5-12/h9,11H,1-8H2. The fourth-order valence-electron chi connectivity index (χ4n) is 2.09. The lowest BCUT2D eigenvalue weighted by atomic mass is 10.1. The van der Waals surface area contributed by atoms with Crippen LogP contribution in [-0.4, -0.2) is 50.2 Å². The van der Waals surface area contributed by atoms with Crippen molar-refractivity contribution < 1.29 is 9.53 Å². The van der Waals surface area contributed by atoms with Gasteiger partial charge in [0, 0.05) is 26.2 Å². The van der Waals surface area contributed by atoms with E-state index in [2.05, 4.69) is 5.32 Å². The van der Waals surface area contributed by atoms with Gasteiger partial charge in [0.05, 0.1) is 12.5 Å². The lowest BCUT2D eigenvalue weighted by Crippen LogP contribution is -2.38. The Hall–Kier alpha value is -0.610. The van der Waals surface area contributed by atoms with Gasteiger partial charge in [0.1, 0.15) is 0 Å². The molecule has 1 atom stereocenters. The molecule has 0 spiro atoms. The Morgan fingerprint density at radius 1 is 1.36 bits per heavy atom. The highest BCUT2D eigenvalue weighted by atomic mass is 16.5. The molecule has 2 rings (SSSR count). The number of nitrogens with zero attached hydrogens (tertiary/aromatic N) is 1. The van der Waals surface area contributed by atoms with Crippen molar-refractivity contribution in [3.63, 3.8) is 0 Å². The van der Waals surface area contributed by atoms with Crippen molar-refractivity contribution in [2.24, 2.45) is 5.92 Å². The minimum Gasteiger partial charge on any atom is -0.380 e. The number of hydrogen-bond donors (Lipinski definition) is 1. The summed E-state index contributed by atoms with van der Waals surface area (Å²) in [6, 6.07) is 0. The van der Waals surface area contributed by atoms with Gasteiger partial charge in [-0.15, -0.1) is 0 Å². The Morgan fingerprint density at radius 2 is 2.29 bits per heavy atom. The van der Waals surface area contributed by atoms with Gasteiger partial charge < -0.3 is 15.0 Å². The van der Waals surface area contributed by atoms with E-state index in [1.165, 1.54) is 0 Å². The molecule has 0 aromatic heterocycles. The van der Waals surface area contributed by atoms with E-state index in [-0.39, 0.29) is 5.92 Å². The largest absolute Gasteiger partial charge is 0.380 e. The van der Waals surface area contributed by atoms with Crippen molar-refractivity contribution in [2.45, 2.75) is 12.8 Å². The van der Waals surface area contributed by atoms with E-state index < -0.39 is 0 Å². The molecule has 1 unspecified atom stereocenters. The Morgan fingerprint density at radius 3 is 3.07 bits per heavy atom. The van der Waals surface area contributed by atoms with Gasteiger partial charge >= 0.3 is 0 Å². The second-order valence-electron chi connectivity index (χ2n) is 3.98. The third-order valence-electron chi connectivity index (χ3n) is 2.94. The first-order valence-electron chi connectivity index (χ1n) is 5.45. The number of ether oxygens (including phenoxy) is 1. The quantitative estimate of drug-likeness (QED) is 0.637. The Labute approximate surface area is 84.6 Å². The summed E-state index contributed by atoms with van der Waals surface area (Å²) in [6.07, 6.45) is 1.97. The van der Waals surface area contributed by atoms with Gasteiger partial charge in [0.25, 0.3) is 0 Å². The normalized spacial score (nSPS) is 28.9. The minimum absolute atomic E-state index is 0.216. The van der Waals surface area contributed by atoms with E-state index in [9.17, 15) is 4.79 Å². The first-order valence-corrected chi connectivity index (χ1v) is 5.45. The SMILES string of the molecule is O=C(C1CCNC1)N1CCCOCC1. The fourth-order valence-corrected chi connectivity index (χ4v) is 2.09. The van der Waals surface area contributed by atoms with Crippen LogP contribution in [0.1, 0.15) is 12.8 Å². The number of nitrogens with one attached hydrogen (secondary N) is 1. The molecule has 14 heavy (non-hydrogen) atoms. The summed E-state index contributed by atoms with van der Waals surface area (Å²) in [5.74, 6) is 0.536. The Balaban J connectivity index is 1.88. The van der Waals surface area contributed by atoms with E-state index in [1.54, 1.807) is 0 Å². The van der Waals surface area contributed by atoms with Gasteiger partial charge in [0.15, 0.2) is 0 Å². The molecule has 1 amide bonds. The summed E-state index contributed by atoms with van der Waals surface area (Å²) in [5.41, 5.74) is 0. The zero-order chi connectivity index (χ0) is 9.80. The predicted octanol–water partition coefficient (Wildman–Crippen LogP) is -0.155. The molecule has 4 nitrogen and oxygen atoms in total. The molecule has 2 aliphatic heterocycles. The summed E-state index contributed by atoms with van der Waals surface area (Å²) in [6.45, 7) is 4.99. The molecule has 0 aliphatic carbocycles. The Kier molecular flexibility index (Phi) is 3.37. The second kappa shape index (κ2) is 4.75. The predicted molar refractivity (Wildman–Crippen MR) is 53.0 cm³/mol. The van der Waals surface area contributed by atoms with Crippen LogP contribution in [0.25, 0.3) is 0 Å². The summed E-state index contributed by atoms with van der Waals surface area (Å²) in [5, 5.41) is 3.23. The molecule has 2 aliphatic rings. The number of rotatable bonds is 1. The number of hydrogen-bond acceptors (Lipinski definition) is 3. The molecule has 80 valence electrons. The van der Waals surface area contributed by atoms with Crippen molar-refractivity contribution in [3.8, 4) is 0 Å². The van der Waals surface area contributed by atoms with Crippen molar-refractivity contribution in [3.05, 3.63) is 0 Å². The lowest BCUT2D eigenvalue weighted by molar-refractivity contribution is -0.134. The molecular formula is C10H18N2O2. The molecule has 2 fully saturated rings. The maximum absolute atomic E-state index is 12.0. The maximum atomic E-state index is 12.0. The topological polar surface area (TPSA) is 41.6 Å². The Bertz CT molecular complexity index is 194. The third-order valence-corrected chi connectivity index (χ3v) is 2.94. The van der Waals surface area contributed by atoms with Crippen LogP contribution in [0.15, 0.2) is 0 Å². The van der Waals surface area contributed by atoms with Crippen LogP contribution in [0, 0.1) is 5.92 Å². The van der Waals surface area contributed by atoms with Crippen LogP contribution < -0.4 is 5.32 Å². The van der Waals surface area contributed by atoms with Gasteiger partial charge in [0.2, 0.25) is 5.91 Å². The van der Waals surface area contributed by atoms with Crippen LogP contribution in [0.3, 0.4) is 0 Å². The summed E-state index contributed by atoms with van der Waals surface area (Å²) in [4.78, 5) is 13.9. The summed E-state index contributed by atoms with van der Waals surface area (Å²) >= 11 is 0. The fraction of sp³-hybridized carbons (Fsp3) is 0.900. The molecular weight excluding hydrogens is 180 g/mol. The molecule has 2 saturated heterocycles. The minimum atomic E-state index is 0.216. The number of carbonyl (C=O) groups excluding carboxylic acids is 1. The van der Waals surface area contributed by atoms with Crippen LogP contribution in [0.4, 0.5) is 0 Å². The molecule has 0 saturated carbocycles. The highest BCUT2D eigenvalue weighted by Crippen LogP contribution is 2.12. The van der Waals surface area contributed by atoms with Crippen LogP contribution in [0.2, 0.25) is 0 Å². The lowest BCUT2D eigenvalue weighted by Gasteiger charge is -2.22. The third kappa shape index (κ3) is 2.25. The molecule has 1 N–H and O–H groups in total. The maximum Gasteiger partial charge on any atom is 0.227 e. The van der Waals surface area contributed by atoms with Crippen molar-refractivity contribution in [1.29, 1.82) is 0 Å². The van der Waals surface area contributed by atoms with Gasteiger partial charge in [-0.2, -0.15) is 0 Å². The zero-order valence-corrected chi connectivity index (χ0v) is 8.50. The van der Waals surface area contributed by atoms with E-state index in [0.29, 0.717) is 12.5 Å². The van der Waals surface area contributed by atoms with E-state index in [4.69, 9.17) is 4.74 Å². The molecule has 4 heteroatoms. The molecule has 0 aromatic rings. The number of amides is 1. The van der Waals surface area contributed by atoms with Gasteiger partial charge in [-0.05, 0) is 19.4 Å². The number of carbonyl (C=O) groups is 1. The van der Waals surface area contributed by atoms with Crippen LogP contribution in [-0.2, 0) is 9.53 Å². The van der Waals surface area contributed by atoms with E-state index in [0.717, 1.165) is 45.6 Å². The van der Waals surface area contributed by atoms with Crippen LogP contribution >= 0.6 is 0 Å². The summed E-state index contributed by atoms with van der Waals surface area (Å²) in [7, 11) is 0. The van der Waals surface area contributed by atoms with Gasteiger partial charge in [-0.1, -0.05) is 0 Å². The first-order chi connectivity index (χ1) is 6.88. The first kappa shape index (κ1) is 9.93. The second-order valence-corrected chi connectivity index (χ2v) is 3.98. The average Bonchev–Trinajstić information content (AvgIpc) is 2.59. The highest BCUT2D eigenvalue weighted by Gasteiger charge is 2.27. The summed E-state index contributed by atoms with van der Waals surface area (Å²) < 4.78 is 5.33.